The molecule has 106 valence electrons. The number of alkyl halides is 3. The molecule has 1 atom stereocenters. The van der Waals surface area contributed by atoms with Crippen molar-refractivity contribution in [2.45, 2.75) is 12.2 Å². The van der Waals surface area contributed by atoms with Gasteiger partial charge in [0.15, 0.2) is 0 Å². The molecule has 1 heterocycles. The van der Waals surface area contributed by atoms with E-state index < -0.39 is 11.7 Å². The number of halogens is 3. The number of piperazine rings is 1. The Balaban J connectivity index is 2.24. The zero-order valence-corrected chi connectivity index (χ0v) is 10.5. The lowest BCUT2D eigenvalue weighted by molar-refractivity contribution is -0.137. The van der Waals surface area contributed by atoms with Gasteiger partial charge in [-0.3, -0.25) is 4.90 Å². The van der Waals surface area contributed by atoms with Gasteiger partial charge >= 0.3 is 6.18 Å². The molecule has 6 heteroatoms. The van der Waals surface area contributed by atoms with E-state index in [0.29, 0.717) is 18.7 Å². The van der Waals surface area contributed by atoms with Crippen LogP contribution in [0.5, 0.6) is 0 Å². The lowest BCUT2D eigenvalue weighted by Crippen LogP contribution is -2.46. The molecule has 2 rings (SSSR count). The monoisotopic (exact) mass is 274 g/mol. The summed E-state index contributed by atoms with van der Waals surface area (Å²) in [4.78, 5) is 2.01. The zero-order valence-electron chi connectivity index (χ0n) is 10.5. The molecule has 0 aliphatic carbocycles. The second kappa shape index (κ2) is 5.90. The summed E-state index contributed by atoms with van der Waals surface area (Å²) >= 11 is 0. The molecule has 0 spiro atoms. The van der Waals surface area contributed by atoms with Crippen molar-refractivity contribution in [1.29, 1.82) is 0 Å². The van der Waals surface area contributed by atoms with Crippen molar-refractivity contribution in [2.75, 3.05) is 32.8 Å². The minimum Gasteiger partial charge on any atom is -0.395 e. The molecule has 19 heavy (non-hydrogen) atoms. The minimum atomic E-state index is -4.32. The summed E-state index contributed by atoms with van der Waals surface area (Å²) in [5.41, 5.74) is 0.00926. The van der Waals surface area contributed by atoms with Crippen molar-refractivity contribution >= 4 is 0 Å². The Hall–Kier alpha value is -1.11. The summed E-state index contributed by atoms with van der Waals surface area (Å²) < 4.78 is 38.1. The van der Waals surface area contributed by atoms with Gasteiger partial charge in [-0.15, -0.1) is 0 Å². The number of β-amino-alcohol motifs (C(OH)–C–C–N with tert-alkyl or cyclic N) is 1. The Kier molecular flexibility index (Phi) is 4.44. The molecule has 1 fully saturated rings. The Bertz CT molecular complexity index is 421. The van der Waals surface area contributed by atoms with E-state index in [4.69, 9.17) is 5.11 Å². The van der Waals surface area contributed by atoms with Crippen LogP contribution < -0.4 is 5.32 Å². The molecule has 0 radical (unpaired) electrons. The van der Waals surface area contributed by atoms with Crippen LogP contribution in [0.1, 0.15) is 17.2 Å². The zero-order chi connectivity index (χ0) is 13.9. The van der Waals surface area contributed by atoms with Crippen LogP contribution in [0.3, 0.4) is 0 Å². The number of hydrogen-bond acceptors (Lipinski definition) is 3. The van der Waals surface area contributed by atoms with E-state index in [2.05, 4.69) is 5.32 Å². The van der Waals surface area contributed by atoms with Crippen LogP contribution in [-0.4, -0.2) is 42.8 Å². The second-order valence-electron chi connectivity index (χ2n) is 4.60. The first-order chi connectivity index (χ1) is 9.02. The normalized spacial score (nSPS) is 21.6. The first kappa shape index (κ1) is 14.3. The fourth-order valence-corrected chi connectivity index (χ4v) is 2.39. The molecule has 1 aliphatic heterocycles. The molecule has 0 amide bonds. The topological polar surface area (TPSA) is 35.5 Å². The molecular formula is C13H17F3N2O. The van der Waals surface area contributed by atoms with Crippen molar-refractivity contribution in [1.82, 2.24) is 10.2 Å². The van der Waals surface area contributed by atoms with Gasteiger partial charge in [0.25, 0.3) is 0 Å². The van der Waals surface area contributed by atoms with E-state index in [0.717, 1.165) is 19.2 Å². The van der Waals surface area contributed by atoms with Crippen LogP contribution in [-0.2, 0) is 6.18 Å². The average Bonchev–Trinajstić information content (AvgIpc) is 2.39. The van der Waals surface area contributed by atoms with Gasteiger partial charge in [0, 0.05) is 32.2 Å². The third-order valence-corrected chi connectivity index (χ3v) is 3.34. The highest BCUT2D eigenvalue weighted by molar-refractivity contribution is 5.28. The van der Waals surface area contributed by atoms with Crippen LogP contribution in [0.15, 0.2) is 24.3 Å². The van der Waals surface area contributed by atoms with Crippen molar-refractivity contribution in [2.24, 2.45) is 0 Å². The fraction of sp³-hybridized carbons (Fsp3) is 0.538. The smallest absolute Gasteiger partial charge is 0.395 e. The van der Waals surface area contributed by atoms with E-state index in [1.165, 1.54) is 12.1 Å². The first-order valence-electron chi connectivity index (χ1n) is 6.25. The van der Waals surface area contributed by atoms with Crippen molar-refractivity contribution < 1.29 is 18.3 Å². The summed E-state index contributed by atoms with van der Waals surface area (Å²) in [6.07, 6.45) is -4.32. The van der Waals surface area contributed by atoms with Gasteiger partial charge in [0.2, 0.25) is 0 Å². The number of nitrogens with zero attached hydrogens (tertiary/aromatic N) is 1. The average molecular weight is 274 g/mol. The van der Waals surface area contributed by atoms with E-state index >= 15 is 0 Å². The van der Waals surface area contributed by atoms with Gasteiger partial charge in [0.05, 0.1) is 12.2 Å². The van der Waals surface area contributed by atoms with Crippen molar-refractivity contribution in [3.8, 4) is 0 Å². The van der Waals surface area contributed by atoms with Crippen LogP contribution in [0.2, 0.25) is 0 Å². The van der Waals surface area contributed by atoms with E-state index in [9.17, 15) is 13.2 Å². The Morgan fingerprint density at radius 1 is 1.37 bits per heavy atom. The molecule has 1 saturated heterocycles. The van der Waals surface area contributed by atoms with Gasteiger partial charge in [-0.05, 0) is 17.7 Å². The Morgan fingerprint density at radius 2 is 2.16 bits per heavy atom. The summed E-state index contributed by atoms with van der Waals surface area (Å²) in [6.45, 7) is 2.59. The number of aliphatic hydroxyl groups excluding tert-OH is 1. The summed E-state index contributed by atoms with van der Waals surface area (Å²) in [6, 6.07) is 5.29. The Labute approximate surface area is 110 Å². The molecule has 1 aromatic rings. The maximum atomic E-state index is 12.7. The van der Waals surface area contributed by atoms with Crippen LogP contribution in [0.25, 0.3) is 0 Å². The summed E-state index contributed by atoms with van der Waals surface area (Å²) in [5.74, 6) is 0. The maximum Gasteiger partial charge on any atom is 0.416 e. The van der Waals surface area contributed by atoms with Gasteiger partial charge < -0.3 is 10.4 Å². The molecule has 0 aromatic heterocycles. The number of benzene rings is 1. The maximum absolute atomic E-state index is 12.7. The van der Waals surface area contributed by atoms with Gasteiger partial charge in [-0.1, -0.05) is 12.1 Å². The number of nitrogens with one attached hydrogen (secondary N) is 1. The lowest BCUT2D eigenvalue weighted by Gasteiger charge is -2.36. The van der Waals surface area contributed by atoms with E-state index in [-0.39, 0.29) is 12.6 Å². The first-order valence-corrected chi connectivity index (χ1v) is 6.25. The highest BCUT2D eigenvalue weighted by atomic mass is 19.4. The van der Waals surface area contributed by atoms with E-state index in [1.54, 1.807) is 6.07 Å². The molecule has 2 N–H and O–H groups in total. The quantitative estimate of drug-likeness (QED) is 0.879. The van der Waals surface area contributed by atoms with Crippen LogP contribution in [0.4, 0.5) is 13.2 Å². The predicted octanol–water partition coefficient (Wildman–Crippen LogP) is 1.64. The molecule has 0 saturated carbocycles. The minimum absolute atomic E-state index is 0.00939. The van der Waals surface area contributed by atoms with Crippen LogP contribution in [0, 0.1) is 0 Å². The van der Waals surface area contributed by atoms with Gasteiger partial charge in [-0.2, -0.15) is 13.2 Å². The highest BCUT2D eigenvalue weighted by Gasteiger charge is 2.32. The molecule has 1 unspecified atom stereocenters. The lowest BCUT2D eigenvalue weighted by atomic mass is 10.0. The molecule has 1 aliphatic rings. The Morgan fingerprint density at radius 3 is 2.84 bits per heavy atom. The number of hydrogen-bond donors (Lipinski definition) is 2. The third-order valence-electron chi connectivity index (χ3n) is 3.34. The number of rotatable bonds is 3. The standard InChI is InChI=1S/C13H17F3N2O/c14-13(15,16)11-3-1-2-10(8-11)12-9-17-4-5-18(12)6-7-19/h1-3,8,12,17,19H,4-7,9H2. The van der Waals surface area contributed by atoms with Gasteiger partial charge in [0.1, 0.15) is 0 Å². The van der Waals surface area contributed by atoms with Crippen molar-refractivity contribution in [3.05, 3.63) is 35.4 Å². The summed E-state index contributed by atoms with van der Waals surface area (Å²) in [5, 5.41) is 12.2. The molecular weight excluding hydrogens is 257 g/mol. The molecule has 0 bridgehead atoms. The second-order valence-corrected chi connectivity index (χ2v) is 4.60. The number of aliphatic hydroxyl groups is 1. The fourth-order valence-electron chi connectivity index (χ4n) is 2.39. The van der Waals surface area contributed by atoms with E-state index in [1.807, 2.05) is 4.90 Å². The largest absolute Gasteiger partial charge is 0.416 e. The SMILES string of the molecule is OCCN1CCNCC1c1cccc(C(F)(F)F)c1. The third kappa shape index (κ3) is 3.46. The van der Waals surface area contributed by atoms with Crippen molar-refractivity contribution in [3.63, 3.8) is 0 Å². The van der Waals surface area contributed by atoms with Crippen LogP contribution >= 0.6 is 0 Å². The molecule has 1 aromatic carbocycles. The predicted molar refractivity (Wildman–Crippen MR) is 65.7 cm³/mol. The van der Waals surface area contributed by atoms with Gasteiger partial charge in [-0.25, -0.2) is 0 Å². The summed E-state index contributed by atoms with van der Waals surface area (Å²) in [7, 11) is 0. The highest BCUT2D eigenvalue weighted by Crippen LogP contribution is 2.32. The molecule has 3 nitrogen and oxygen atoms in total.